The number of hydrogen-bond donors (Lipinski definition) is 0. The van der Waals surface area contributed by atoms with Crippen molar-refractivity contribution in [3.05, 3.63) is 75.3 Å². The molecule has 1 aromatic heterocycles. The van der Waals surface area contributed by atoms with Gasteiger partial charge in [0.15, 0.2) is 0 Å². The van der Waals surface area contributed by atoms with Crippen LogP contribution < -0.4 is 14.3 Å². The second kappa shape index (κ2) is 9.52. The predicted octanol–water partition coefficient (Wildman–Crippen LogP) is 4.97. The van der Waals surface area contributed by atoms with E-state index in [0.29, 0.717) is 6.54 Å². The number of para-hydroxylation sites is 1. The fourth-order valence-electron chi connectivity index (χ4n) is 2.63. The second-order valence-electron chi connectivity index (χ2n) is 5.68. The first kappa shape index (κ1) is 20.1. The maximum atomic E-state index is 5.53. The molecule has 144 valence electrons. The fraction of sp³-hybridized carbons (Fsp3) is 0.143. The summed E-state index contributed by atoms with van der Waals surface area (Å²) >= 11 is 5.01. The fourth-order valence-corrected chi connectivity index (χ4v) is 3.85. The lowest BCUT2D eigenvalue weighted by atomic mass is 10.1. The van der Waals surface area contributed by atoms with Crippen LogP contribution >= 0.6 is 27.3 Å². The zero-order valence-corrected chi connectivity index (χ0v) is 18.0. The number of nitrogens with zero attached hydrogens (tertiary/aromatic N) is 3. The van der Waals surface area contributed by atoms with Gasteiger partial charge in [-0.05, 0) is 30.3 Å². The van der Waals surface area contributed by atoms with Crippen LogP contribution in [0.15, 0.2) is 75.1 Å². The van der Waals surface area contributed by atoms with Crippen molar-refractivity contribution < 1.29 is 9.47 Å². The average Bonchev–Trinajstić information content (AvgIpc) is 3.13. The van der Waals surface area contributed by atoms with E-state index in [1.807, 2.05) is 52.5 Å². The van der Waals surface area contributed by atoms with Crippen molar-refractivity contribution in [3.63, 3.8) is 0 Å². The summed E-state index contributed by atoms with van der Waals surface area (Å²) in [4.78, 5) is 5.34. The number of ether oxygens (including phenoxy) is 2. The van der Waals surface area contributed by atoms with Crippen LogP contribution in [0.5, 0.6) is 11.5 Å². The smallest absolute Gasteiger partial charge is 0.206 e. The van der Waals surface area contributed by atoms with Gasteiger partial charge < -0.3 is 9.47 Å². The minimum atomic E-state index is 0.515. The Morgan fingerprint density at radius 2 is 1.93 bits per heavy atom. The van der Waals surface area contributed by atoms with E-state index in [-0.39, 0.29) is 0 Å². The molecule has 5 nitrogen and oxygen atoms in total. The Labute approximate surface area is 176 Å². The number of hydrogen-bond acceptors (Lipinski definition) is 5. The van der Waals surface area contributed by atoms with Crippen molar-refractivity contribution in [1.82, 2.24) is 4.68 Å². The molecule has 3 rings (SSSR count). The summed E-state index contributed by atoms with van der Waals surface area (Å²) in [5.41, 5.74) is 2.70. The largest absolute Gasteiger partial charge is 0.496 e. The van der Waals surface area contributed by atoms with E-state index >= 15 is 0 Å². The van der Waals surface area contributed by atoms with Crippen molar-refractivity contribution in [2.75, 3.05) is 20.8 Å². The van der Waals surface area contributed by atoms with Crippen LogP contribution in [-0.2, 0) is 0 Å². The maximum absolute atomic E-state index is 5.53. The monoisotopic (exact) mass is 457 g/mol. The molecule has 3 aromatic rings. The van der Waals surface area contributed by atoms with Crippen molar-refractivity contribution >= 4 is 33.5 Å². The summed E-state index contributed by atoms with van der Waals surface area (Å²) in [6.45, 7) is 4.26. The molecular weight excluding hydrogens is 438 g/mol. The molecule has 0 saturated heterocycles. The standard InChI is InChI=1S/C21H20BrN3O2S/c1-4-11-23-21-25(24-13-15-12-16(22)9-10-19(15)26-2)18(14-28-21)17-7-5-6-8-20(17)27-3/h4-10,12-14H,1,11H2,2-3H3. The van der Waals surface area contributed by atoms with E-state index in [2.05, 4.69) is 27.5 Å². The van der Waals surface area contributed by atoms with E-state index < -0.39 is 0 Å². The molecule has 0 atom stereocenters. The minimum Gasteiger partial charge on any atom is -0.496 e. The zero-order valence-electron chi connectivity index (χ0n) is 15.6. The summed E-state index contributed by atoms with van der Waals surface area (Å²) in [7, 11) is 3.30. The van der Waals surface area contributed by atoms with Gasteiger partial charge in [0.25, 0.3) is 0 Å². The third-order valence-electron chi connectivity index (χ3n) is 3.93. The Kier molecular flexibility index (Phi) is 6.84. The van der Waals surface area contributed by atoms with Crippen LogP contribution in [0.3, 0.4) is 0 Å². The highest BCUT2D eigenvalue weighted by atomic mass is 79.9. The van der Waals surface area contributed by atoms with Crippen molar-refractivity contribution in [2.45, 2.75) is 0 Å². The van der Waals surface area contributed by atoms with E-state index in [0.717, 1.165) is 37.6 Å². The van der Waals surface area contributed by atoms with Gasteiger partial charge in [-0.1, -0.05) is 34.1 Å². The zero-order chi connectivity index (χ0) is 19.9. The minimum absolute atomic E-state index is 0.515. The first-order valence-electron chi connectivity index (χ1n) is 8.51. The van der Waals surface area contributed by atoms with Gasteiger partial charge in [-0.2, -0.15) is 5.10 Å². The molecule has 0 amide bonds. The van der Waals surface area contributed by atoms with Gasteiger partial charge in [-0.15, -0.1) is 17.9 Å². The highest BCUT2D eigenvalue weighted by molar-refractivity contribution is 9.10. The number of rotatable bonds is 7. The Morgan fingerprint density at radius 1 is 1.14 bits per heavy atom. The molecule has 0 aliphatic rings. The Bertz CT molecular complexity index is 1070. The molecule has 0 radical (unpaired) electrons. The lowest BCUT2D eigenvalue weighted by Gasteiger charge is -2.09. The molecule has 0 fully saturated rings. The Hall–Kier alpha value is -2.64. The van der Waals surface area contributed by atoms with Crippen LogP contribution in [0, 0.1) is 0 Å². The molecule has 0 saturated carbocycles. The summed E-state index contributed by atoms with van der Waals surface area (Å²) in [6.07, 6.45) is 3.52. The lowest BCUT2D eigenvalue weighted by molar-refractivity contribution is 0.414. The molecule has 0 spiro atoms. The molecule has 0 N–H and O–H groups in total. The first-order valence-corrected chi connectivity index (χ1v) is 10.2. The predicted molar refractivity (Wildman–Crippen MR) is 119 cm³/mol. The van der Waals surface area contributed by atoms with Gasteiger partial charge in [0, 0.05) is 21.0 Å². The van der Waals surface area contributed by atoms with Gasteiger partial charge >= 0.3 is 0 Å². The summed E-state index contributed by atoms with van der Waals surface area (Å²) in [5.74, 6) is 1.52. The summed E-state index contributed by atoms with van der Waals surface area (Å²) < 4.78 is 13.7. The van der Waals surface area contributed by atoms with Crippen molar-refractivity contribution in [1.29, 1.82) is 0 Å². The van der Waals surface area contributed by atoms with Crippen LogP contribution in [0.4, 0.5) is 0 Å². The van der Waals surface area contributed by atoms with Crippen molar-refractivity contribution in [2.24, 2.45) is 10.1 Å². The molecule has 0 bridgehead atoms. The third-order valence-corrected chi connectivity index (χ3v) is 5.28. The number of halogens is 1. The van der Waals surface area contributed by atoms with E-state index in [4.69, 9.17) is 14.6 Å². The molecular formula is C21H20BrN3O2S. The molecule has 7 heteroatoms. The molecule has 1 heterocycles. The summed E-state index contributed by atoms with van der Waals surface area (Å²) in [5, 5.41) is 6.73. The molecule has 2 aromatic carbocycles. The highest BCUT2D eigenvalue weighted by Crippen LogP contribution is 2.30. The lowest BCUT2D eigenvalue weighted by Crippen LogP contribution is -2.12. The molecule has 28 heavy (non-hydrogen) atoms. The Morgan fingerprint density at radius 3 is 2.68 bits per heavy atom. The third kappa shape index (κ3) is 4.43. The average molecular weight is 458 g/mol. The molecule has 0 aliphatic carbocycles. The van der Waals surface area contributed by atoms with Gasteiger partial charge in [-0.3, -0.25) is 4.99 Å². The highest BCUT2D eigenvalue weighted by Gasteiger charge is 2.12. The van der Waals surface area contributed by atoms with Crippen LogP contribution in [-0.4, -0.2) is 31.7 Å². The Balaban J connectivity index is 2.15. The quantitative estimate of drug-likeness (QED) is 0.371. The van der Waals surface area contributed by atoms with Crippen molar-refractivity contribution in [3.8, 4) is 22.8 Å². The van der Waals surface area contributed by atoms with E-state index in [9.17, 15) is 0 Å². The van der Waals surface area contributed by atoms with Crippen LogP contribution in [0.25, 0.3) is 11.3 Å². The molecule has 0 aliphatic heterocycles. The second-order valence-corrected chi connectivity index (χ2v) is 7.43. The van der Waals surface area contributed by atoms with Gasteiger partial charge in [0.05, 0.1) is 32.7 Å². The normalized spacial score (nSPS) is 11.8. The number of benzene rings is 2. The van der Waals surface area contributed by atoms with Gasteiger partial charge in [0.2, 0.25) is 4.80 Å². The number of thiazole rings is 1. The van der Waals surface area contributed by atoms with Gasteiger partial charge in [0.1, 0.15) is 11.5 Å². The SMILES string of the molecule is C=CCN=c1scc(-c2ccccc2OC)n1N=Cc1cc(Br)ccc1OC. The first-order chi connectivity index (χ1) is 13.7. The van der Waals surface area contributed by atoms with Gasteiger partial charge in [-0.25, -0.2) is 4.68 Å². The van der Waals surface area contributed by atoms with Crippen LogP contribution in [0.2, 0.25) is 0 Å². The number of methoxy groups -OCH3 is 2. The molecule has 0 unspecified atom stereocenters. The maximum Gasteiger partial charge on any atom is 0.206 e. The number of aromatic nitrogens is 1. The van der Waals surface area contributed by atoms with E-state index in [1.165, 1.54) is 11.3 Å². The van der Waals surface area contributed by atoms with E-state index in [1.54, 1.807) is 26.5 Å². The topological polar surface area (TPSA) is 48.1 Å². The summed E-state index contributed by atoms with van der Waals surface area (Å²) in [6, 6.07) is 13.6. The van der Waals surface area contributed by atoms with Crippen LogP contribution in [0.1, 0.15) is 5.56 Å².